The van der Waals surface area contributed by atoms with Crippen LogP contribution < -0.4 is 4.90 Å². The highest BCUT2D eigenvalue weighted by Gasteiger charge is 2.34. The summed E-state index contributed by atoms with van der Waals surface area (Å²) in [6.45, 7) is 0. The van der Waals surface area contributed by atoms with Gasteiger partial charge >= 0.3 is 0 Å². The number of rotatable bonds is 7. The number of benzene rings is 8. The van der Waals surface area contributed by atoms with Crippen LogP contribution in [0.2, 0.25) is 0 Å². The third kappa shape index (κ3) is 5.99. The number of fused-ring (bicyclic) bond motifs is 4. The molecular weight excluding hydrogens is 667 g/mol. The molecule has 8 aromatic carbocycles. The van der Waals surface area contributed by atoms with Gasteiger partial charge in [0.05, 0.1) is 0 Å². The van der Waals surface area contributed by atoms with Crippen LogP contribution in [0.5, 0.6) is 0 Å². The van der Waals surface area contributed by atoms with Crippen molar-refractivity contribution >= 4 is 49.8 Å². The molecule has 9 aromatic rings. The molecule has 0 aliphatic heterocycles. The van der Waals surface area contributed by atoms with Gasteiger partial charge in [0, 0.05) is 33.2 Å². The Morgan fingerprint density at radius 3 is 1.75 bits per heavy atom. The topological polar surface area (TPSA) is 16.4 Å². The standard InChI is InChI=1S/C53H43NO/c1-2-12-36-53(35-11-1,41-19-7-4-8-20-41)42-27-31-44(32-28-42)54(43-29-25-40(26-30-43)47-22-13-18-38-17-9-10-21-46(38)47)45-33-34-50-49(37-45)52-48(23-14-24-51(52)55-50)39-15-5-3-6-16-39/h3-10,13-34,37H,1-2,11-12,35-36H2. The Balaban J connectivity index is 1.12. The Morgan fingerprint density at radius 2 is 0.982 bits per heavy atom. The first-order valence-electron chi connectivity index (χ1n) is 19.8. The summed E-state index contributed by atoms with van der Waals surface area (Å²) in [6, 6.07) is 68.7. The zero-order valence-electron chi connectivity index (χ0n) is 31.0. The van der Waals surface area contributed by atoms with Crippen molar-refractivity contribution in [2.45, 2.75) is 43.9 Å². The average Bonchev–Trinajstić information content (AvgIpc) is 3.44. The summed E-state index contributed by atoms with van der Waals surface area (Å²) in [5, 5.41) is 4.78. The Labute approximate surface area is 323 Å². The fourth-order valence-electron chi connectivity index (χ4n) is 9.29. The molecule has 2 nitrogen and oxygen atoms in total. The number of hydrogen-bond donors (Lipinski definition) is 0. The molecule has 1 aliphatic carbocycles. The van der Waals surface area contributed by atoms with Crippen LogP contribution >= 0.6 is 0 Å². The van der Waals surface area contributed by atoms with Crippen LogP contribution in [0.15, 0.2) is 192 Å². The fourth-order valence-corrected chi connectivity index (χ4v) is 9.29. The number of nitrogens with zero attached hydrogens (tertiary/aromatic N) is 1. The van der Waals surface area contributed by atoms with Gasteiger partial charge in [-0.15, -0.1) is 0 Å². The zero-order chi connectivity index (χ0) is 36.6. The molecule has 2 heteroatoms. The molecule has 266 valence electrons. The normalized spacial score (nSPS) is 14.3. The summed E-state index contributed by atoms with van der Waals surface area (Å²) in [5.74, 6) is 0. The lowest BCUT2D eigenvalue weighted by atomic mass is 9.69. The highest BCUT2D eigenvalue weighted by Crippen LogP contribution is 2.46. The van der Waals surface area contributed by atoms with Gasteiger partial charge in [0.1, 0.15) is 11.2 Å². The summed E-state index contributed by atoms with van der Waals surface area (Å²) in [6.07, 6.45) is 7.51. The number of hydrogen-bond acceptors (Lipinski definition) is 2. The molecule has 0 atom stereocenters. The van der Waals surface area contributed by atoms with E-state index in [9.17, 15) is 0 Å². The van der Waals surface area contributed by atoms with E-state index >= 15 is 0 Å². The van der Waals surface area contributed by atoms with Crippen LogP contribution in [-0.4, -0.2) is 0 Å². The molecule has 1 heterocycles. The average molecular weight is 710 g/mol. The Hall–Kier alpha value is -6.38. The van der Waals surface area contributed by atoms with Crippen molar-refractivity contribution in [1.29, 1.82) is 0 Å². The lowest BCUT2D eigenvalue weighted by molar-refractivity contribution is 0.446. The summed E-state index contributed by atoms with van der Waals surface area (Å²) >= 11 is 0. The van der Waals surface area contributed by atoms with Crippen molar-refractivity contribution in [3.63, 3.8) is 0 Å². The van der Waals surface area contributed by atoms with Crippen molar-refractivity contribution in [2.75, 3.05) is 4.90 Å². The van der Waals surface area contributed by atoms with Gasteiger partial charge in [-0.25, -0.2) is 0 Å². The van der Waals surface area contributed by atoms with Crippen molar-refractivity contribution in [1.82, 2.24) is 0 Å². The maximum atomic E-state index is 6.49. The number of furan rings is 1. The monoisotopic (exact) mass is 709 g/mol. The largest absolute Gasteiger partial charge is 0.456 e. The molecule has 1 saturated carbocycles. The molecule has 0 saturated heterocycles. The third-order valence-corrected chi connectivity index (χ3v) is 12.0. The van der Waals surface area contributed by atoms with Gasteiger partial charge in [-0.2, -0.15) is 0 Å². The van der Waals surface area contributed by atoms with Crippen molar-refractivity contribution in [3.8, 4) is 22.3 Å². The molecule has 0 unspecified atom stereocenters. The van der Waals surface area contributed by atoms with E-state index in [0.717, 1.165) is 39.0 Å². The Bertz CT molecular complexity index is 2730. The maximum absolute atomic E-state index is 6.49. The van der Waals surface area contributed by atoms with Crippen LogP contribution in [0.1, 0.15) is 49.7 Å². The molecule has 1 aromatic heterocycles. The summed E-state index contributed by atoms with van der Waals surface area (Å²) in [4.78, 5) is 2.41. The van der Waals surface area contributed by atoms with E-state index in [4.69, 9.17) is 4.42 Å². The zero-order valence-corrected chi connectivity index (χ0v) is 31.0. The minimum Gasteiger partial charge on any atom is -0.456 e. The smallest absolute Gasteiger partial charge is 0.136 e. The Kier molecular flexibility index (Phi) is 8.52. The summed E-state index contributed by atoms with van der Waals surface area (Å²) in [5.41, 5.74) is 12.8. The van der Waals surface area contributed by atoms with Gasteiger partial charge in [0.2, 0.25) is 0 Å². The highest BCUT2D eigenvalue weighted by atomic mass is 16.3. The van der Waals surface area contributed by atoms with E-state index in [1.807, 2.05) is 0 Å². The molecular formula is C53H43NO. The van der Waals surface area contributed by atoms with E-state index in [0.29, 0.717) is 0 Å². The molecule has 0 bridgehead atoms. The molecule has 10 rings (SSSR count). The highest BCUT2D eigenvalue weighted by molar-refractivity contribution is 6.13. The van der Waals surface area contributed by atoms with E-state index in [-0.39, 0.29) is 5.41 Å². The first-order chi connectivity index (χ1) is 27.2. The maximum Gasteiger partial charge on any atom is 0.136 e. The minimum atomic E-state index is 0.0314. The van der Waals surface area contributed by atoms with Gasteiger partial charge in [0.15, 0.2) is 0 Å². The SMILES string of the molecule is c1ccc(-c2cccc3oc4ccc(N(c5ccc(-c6cccc7ccccc67)cc5)c5ccc(C6(c7ccccc7)CCCCCC6)cc5)cc4c23)cc1. The minimum absolute atomic E-state index is 0.0314. The van der Waals surface area contributed by atoms with Crippen molar-refractivity contribution in [3.05, 3.63) is 199 Å². The lowest BCUT2D eigenvalue weighted by Gasteiger charge is -2.35. The van der Waals surface area contributed by atoms with Gasteiger partial charge in [-0.05, 0) is 106 Å². The van der Waals surface area contributed by atoms with Crippen LogP contribution in [0.25, 0.3) is 55.0 Å². The molecule has 0 radical (unpaired) electrons. The van der Waals surface area contributed by atoms with Crippen LogP contribution in [0.4, 0.5) is 17.1 Å². The summed E-state index contributed by atoms with van der Waals surface area (Å²) < 4.78 is 6.49. The van der Waals surface area contributed by atoms with E-state index in [2.05, 4.69) is 193 Å². The molecule has 55 heavy (non-hydrogen) atoms. The van der Waals surface area contributed by atoms with Crippen molar-refractivity contribution in [2.24, 2.45) is 0 Å². The van der Waals surface area contributed by atoms with E-state index < -0.39 is 0 Å². The Morgan fingerprint density at radius 1 is 0.400 bits per heavy atom. The fraction of sp³-hybridized carbons (Fsp3) is 0.132. The second-order valence-corrected chi connectivity index (χ2v) is 15.1. The van der Waals surface area contributed by atoms with Gasteiger partial charge in [-0.1, -0.05) is 165 Å². The van der Waals surface area contributed by atoms with Gasteiger partial charge in [-0.3, -0.25) is 0 Å². The van der Waals surface area contributed by atoms with Gasteiger partial charge < -0.3 is 9.32 Å². The molecule has 0 spiro atoms. The predicted molar refractivity (Wildman–Crippen MR) is 232 cm³/mol. The first-order valence-corrected chi connectivity index (χ1v) is 19.8. The van der Waals surface area contributed by atoms with E-state index in [1.54, 1.807) is 0 Å². The second-order valence-electron chi connectivity index (χ2n) is 15.1. The second kappa shape index (κ2) is 14.1. The quantitative estimate of drug-likeness (QED) is 0.153. The van der Waals surface area contributed by atoms with Crippen molar-refractivity contribution < 1.29 is 4.42 Å². The third-order valence-electron chi connectivity index (χ3n) is 12.0. The molecule has 1 fully saturated rings. The van der Waals surface area contributed by atoms with Crippen LogP contribution in [-0.2, 0) is 5.41 Å². The van der Waals surface area contributed by atoms with Crippen LogP contribution in [0.3, 0.4) is 0 Å². The molecule has 0 amide bonds. The molecule has 1 aliphatic rings. The van der Waals surface area contributed by atoms with Gasteiger partial charge in [0.25, 0.3) is 0 Å². The molecule has 0 N–H and O–H groups in total. The number of anilines is 3. The first kappa shape index (κ1) is 33.2. The predicted octanol–water partition coefficient (Wildman–Crippen LogP) is 15.2. The summed E-state index contributed by atoms with van der Waals surface area (Å²) in [7, 11) is 0. The van der Waals surface area contributed by atoms with E-state index in [1.165, 1.54) is 82.7 Å². The lowest BCUT2D eigenvalue weighted by Crippen LogP contribution is -2.27. The van der Waals surface area contributed by atoms with Crippen LogP contribution in [0, 0.1) is 0 Å².